The third-order valence-electron chi connectivity index (χ3n) is 6.21. The van der Waals surface area contributed by atoms with E-state index >= 15 is 0 Å². The molecule has 6 aliphatic rings. The Balaban J connectivity index is 1.86. The Labute approximate surface area is 106 Å². The van der Waals surface area contributed by atoms with Gasteiger partial charge in [0, 0.05) is 7.85 Å². The van der Waals surface area contributed by atoms with E-state index in [9.17, 15) is 0 Å². The van der Waals surface area contributed by atoms with Gasteiger partial charge in [-0.05, 0) is 53.8 Å². The van der Waals surface area contributed by atoms with Crippen molar-refractivity contribution >= 4 is 45.2 Å². The maximum absolute atomic E-state index is 2.81. The Bertz CT molecular complexity index is 281. The van der Waals surface area contributed by atoms with Gasteiger partial charge in [-0.25, -0.2) is 0 Å². The van der Waals surface area contributed by atoms with Crippen LogP contribution in [0.1, 0.15) is 6.42 Å². The van der Waals surface area contributed by atoms with Crippen molar-refractivity contribution < 1.29 is 0 Å². The van der Waals surface area contributed by atoms with Gasteiger partial charge < -0.3 is 0 Å². The van der Waals surface area contributed by atoms with E-state index < -0.39 is 0 Å². The van der Waals surface area contributed by atoms with Gasteiger partial charge >= 0.3 is 0 Å². The standard InChI is InChI=1S/C11H12I2/c12-10-6-2-1-3-5(6)9-8(10)4(2)7(3)11(9)13/h2-11H,1H2/t2?,3?,4?,5?,6?,7?,8?,9?,10-,11-/m0/s1. The molecule has 0 aromatic carbocycles. The molecule has 13 heavy (non-hydrogen) atoms. The van der Waals surface area contributed by atoms with Crippen LogP contribution in [0.3, 0.4) is 0 Å². The lowest BCUT2D eigenvalue weighted by Crippen LogP contribution is -2.30. The Kier molecular flexibility index (Phi) is 1.17. The van der Waals surface area contributed by atoms with E-state index in [-0.39, 0.29) is 0 Å². The van der Waals surface area contributed by atoms with E-state index in [0.717, 1.165) is 7.85 Å². The first-order valence-electron chi connectivity index (χ1n) is 5.59. The monoisotopic (exact) mass is 398 g/mol. The fourth-order valence-corrected chi connectivity index (χ4v) is 10.4. The van der Waals surface area contributed by atoms with Gasteiger partial charge in [-0.3, -0.25) is 0 Å². The minimum atomic E-state index is 1.09. The van der Waals surface area contributed by atoms with Crippen LogP contribution in [0.4, 0.5) is 0 Å². The van der Waals surface area contributed by atoms with Gasteiger partial charge in [-0.2, -0.15) is 0 Å². The Morgan fingerprint density at radius 2 is 1.08 bits per heavy atom. The summed E-state index contributed by atoms with van der Waals surface area (Å²) in [5.74, 6) is 9.62. The van der Waals surface area contributed by atoms with Gasteiger partial charge in [0.1, 0.15) is 0 Å². The Morgan fingerprint density at radius 3 is 1.54 bits per heavy atom. The summed E-state index contributed by atoms with van der Waals surface area (Å²) in [7, 11) is 0. The van der Waals surface area contributed by atoms with Gasteiger partial charge in [0.05, 0.1) is 0 Å². The molecule has 2 heteroatoms. The molecule has 0 radical (unpaired) electrons. The lowest BCUT2D eigenvalue weighted by molar-refractivity contribution is 0.132. The van der Waals surface area contributed by atoms with Crippen LogP contribution < -0.4 is 0 Å². The van der Waals surface area contributed by atoms with Crippen molar-refractivity contribution in [1.82, 2.24) is 0 Å². The molecule has 6 saturated carbocycles. The smallest absolute Gasteiger partial charge is 0.0178 e. The van der Waals surface area contributed by atoms with Crippen molar-refractivity contribution in [2.24, 2.45) is 47.3 Å². The highest BCUT2D eigenvalue weighted by atomic mass is 127. The molecule has 0 N–H and O–H groups in total. The molecular weight excluding hydrogens is 386 g/mol. The largest absolute Gasteiger partial charge is 0.0820 e. The summed E-state index contributed by atoms with van der Waals surface area (Å²) < 4.78 is 2.19. The number of hydrogen-bond acceptors (Lipinski definition) is 0. The number of alkyl halides is 2. The minimum Gasteiger partial charge on any atom is -0.0820 e. The lowest BCUT2D eigenvalue weighted by atomic mass is 9.71. The van der Waals surface area contributed by atoms with Crippen molar-refractivity contribution in [3.63, 3.8) is 0 Å². The van der Waals surface area contributed by atoms with Gasteiger partial charge in [0.25, 0.3) is 0 Å². The molecule has 10 atom stereocenters. The summed E-state index contributed by atoms with van der Waals surface area (Å²) in [6, 6.07) is 0. The fraction of sp³-hybridized carbons (Fsp3) is 1.00. The molecule has 70 valence electrons. The van der Waals surface area contributed by atoms with E-state index in [4.69, 9.17) is 0 Å². The summed E-state index contributed by atoms with van der Waals surface area (Å²) in [5, 5.41) is 0. The first-order valence-corrected chi connectivity index (χ1v) is 8.08. The summed E-state index contributed by atoms with van der Waals surface area (Å²) in [4.78, 5) is 0. The maximum atomic E-state index is 2.81. The molecule has 6 fully saturated rings. The highest BCUT2D eigenvalue weighted by molar-refractivity contribution is 14.1. The number of rotatable bonds is 0. The average molecular weight is 398 g/mol. The van der Waals surface area contributed by atoms with Gasteiger partial charge in [-0.15, -0.1) is 0 Å². The third-order valence-corrected chi connectivity index (χ3v) is 9.54. The summed E-state index contributed by atoms with van der Waals surface area (Å²) in [5.41, 5.74) is 0. The molecule has 0 aliphatic heterocycles. The predicted octanol–water partition coefficient (Wildman–Crippen LogP) is 2.98. The van der Waals surface area contributed by atoms with Crippen molar-refractivity contribution in [2.75, 3.05) is 0 Å². The molecule has 0 heterocycles. The van der Waals surface area contributed by atoms with Crippen molar-refractivity contribution in [1.29, 1.82) is 0 Å². The molecule has 6 aliphatic carbocycles. The molecule has 8 unspecified atom stereocenters. The number of halogens is 2. The first-order chi connectivity index (χ1) is 6.30. The highest BCUT2D eigenvalue weighted by Crippen LogP contribution is 2.84. The zero-order valence-corrected chi connectivity index (χ0v) is 11.6. The topological polar surface area (TPSA) is 0 Å². The fourth-order valence-electron chi connectivity index (χ4n) is 6.45. The molecule has 0 amide bonds. The van der Waals surface area contributed by atoms with E-state index in [2.05, 4.69) is 45.2 Å². The molecule has 6 rings (SSSR count). The van der Waals surface area contributed by atoms with Crippen molar-refractivity contribution in [3.8, 4) is 0 Å². The van der Waals surface area contributed by atoms with E-state index in [0.29, 0.717) is 0 Å². The molecule has 0 aromatic heterocycles. The quantitative estimate of drug-likeness (QED) is 0.435. The first kappa shape index (κ1) is 7.69. The second-order valence-corrected chi connectivity index (χ2v) is 8.79. The van der Waals surface area contributed by atoms with Crippen LogP contribution in [0, 0.1) is 47.3 Å². The van der Waals surface area contributed by atoms with Crippen LogP contribution in [-0.2, 0) is 0 Å². The highest BCUT2D eigenvalue weighted by Gasteiger charge is 2.82. The minimum absolute atomic E-state index is 1.09. The van der Waals surface area contributed by atoms with E-state index in [1.54, 1.807) is 6.42 Å². The second-order valence-electron chi connectivity index (χ2n) is 5.92. The van der Waals surface area contributed by atoms with Crippen LogP contribution in [0.5, 0.6) is 0 Å². The molecular formula is C11H12I2. The average Bonchev–Trinajstić information content (AvgIpc) is 2.78. The molecule has 0 nitrogen and oxygen atoms in total. The second kappa shape index (κ2) is 1.98. The van der Waals surface area contributed by atoms with Gasteiger partial charge in [0.15, 0.2) is 0 Å². The van der Waals surface area contributed by atoms with Crippen LogP contribution in [0.15, 0.2) is 0 Å². The van der Waals surface area contributed by atoms with Crippen molar-refractivity contribution in [2.45, 2.75) is 14.3 Å². The lowest BCUT2D eigenvalue weighted by Gasteiger charge is -2.33. The van der Waals surface area contributed by atoms with E-state index in [1.165, 1.54) is 47.3 Å². The van der Waals surface area contributed by atoms with Crippen LogP contribution in [-0.4, -0.2) is 7.85 Å². The number of hydrogen-bond donors (Lipinski definition) is 0. The predicted molar refractivity (Wildman–Crippen MR) is 68.2 cm³/mol. The third kappa shape index (κ3) is 0.535. The van der Waals surface area contributed by atoms with Gasteiger partial charge in [0.2, 0.25) is 0 Å². The van der Waals surface area contributed by atoms with Crippen LogP contribution in [0.2, 0.25) is 0 Å². The Morgan fingerprint density at radius 1 is 0.615 bits per heavy atom. The van der Waals surface area contributed by atoms with Gasteiger partial charge in [-0.1, -0.05) is 45.2 Å². The van der Waals surface area contributed by atoms with Crippen LogP contribution in [0.25, 0.3) is 0 Å². The maximum Gasteiger partial charge on any atom is 0.0178 e. The molecule has 6 bridgehead atoms. The SMILES string of the molecule is I[C@H]1C2C3CC4C2C2C1C3C4[C@@H]2I. The zero-order chi connectivity index (χ0) is 8.48. The van der Waals surface area contributed by atoms with E-state index in [1.807, 2.05) is 0 Å². The molecule has 0 aromatic rings. The summed E-state index contributed by atoms with van der Waals surface area (Å²) in [6.07, 6.45) is 1.65. The summed E-state index contributed by atoms with van der Waals surface area (Å²) >= 11 is 5.61. The Hall–Kier alpha value is 1.46. The zero-order valence-electron chi connectivity index (χ0n) is 7.24. The summed E-state index contributed by atoms with van der Waals surface area (Å²) in [6.45, 7) is 0. The molecule has 0 spiro atoms. The van der Waals surface area contributed by atoms with Crippen LogP contribution >= 0.6 is 45.2 Å². The normalized spacial score (nSPS) is 85.4. The van der Waals surface area contributed by atoms with Crippen molar-refractivity contribution in [3.05, 3.63) is 0 Å². The molecule has 0 saturated heterocycles.